The zero-order valence-corrected chi connectivity index (χ0v) is 13.6. The summed E-state index contributed by atoms with van der Waals surface area (Å²) in [7, 11) is -3.78. The number of rotatable bonds is 7. The van der Waals surface area contributed by atoms with Crippen LogP contribution in [-0.4, -0.2) is 38.4 Å². The molecule has 0 unspecified atom stereocenters. The van der Waals surface area contributed by atoms with Gasteiger partial charge in [0.25, 0.3) is 10.0 Å². The number of ether oxygens (including phenoxy) is 1. The molecule has 0 fully saturated rings. The fourth-order valence-electron chi connectivity index (χ4n) is 1.43. The van der Waals surface area contributed by atoms with Crippen LogP contribution in [0, 0.1) is 6.92 Å². The van der Waals surface area contributed by atoms with Gasteiger partial charge in [0, 0.05) is 6.54 Å². The van der Waals surface area contributed by atoms with Gasteiger partial charge in [-0.2, -0.15) is 4.31 Å². The van der Waals surface area contributed by atoms with E-state index in [-0.39, 0.29) is 23.9 Å². The van der Waals surface area contributed by atoms with Crippen molar-refractivity contribution in [3.63, 3.8) is 0 Å². The van der Waals surface area contributed by atoms with Gasteiger partial charge in [-0.05, 0) is 25.5 Å². The lowest BCUT2D eigenvalue weighted by Crippen LogP contribution is -2.36. The summed E-state index contributed by atoms with van der Waals surface area (Å²) in [6.45, 7) is 6.76. The monoisotopic (exact) mass is 337 g/mol. The van der Waals surface area contributed by atoms with Crippen molar-refractivity contribution in [3.8, 4) is 0 Å². The van der Waals surface area contributed by atoms with Crippen molar-refractivity contribution in [2.75, 3.05) is 19.7 Å². The summed E-state index contributed by atoms with van der Waals surface area (Å²) in [5, 5.41) is 0. The van der Waals surface area contributed by atoms with Gasteiger partial charge in [-0.1, -0.05) is 17.7 Å². The summed E-state index contributed by atoms with van der Waals surface area (Å²) >= 11 is 6.86. The van der Waals surface area contributed by atoms with Gasteiger partial charge < -0.3 is 4.74 Å². The van der Waals surface area contributed by atoms with Gasteiger partial charge in [-0.15, -0.1) is 17.9 Å². The molecule has 0 saturated heterocycles. The SMILES string of the molecule is C=CCN(CC(=O)OCC)S(=O)(=O)c1cc(C)c(Cl)s1. The van der Waals surface area contributed by atoms with Gasteiger partial charge in [0.15, 0.2) is 0 Å². The highest BCUT2D eigenvalue weighted by molar-refractivity contribution is 7.91. The Morgan fingerprint density at radius 2 is 2.25 bits per heavy atom. The molecule has 112 valence electrons. The van der Waals surface area contributed by atoms with E-state index in [0.29, 0.717) is 9.90 Å². The third kappa shape index (κ3) is 4.05. The van der Waals surface area contributed by atoms with Gasteiger partial charge in [0.05, 0.1) is 10.9 Å². The normalized spacial score (nSPS) is 11.6. The molecule has 0 N–H and O–H groups in total. The van der Waals surface area contributed by atoms with Crippen LogP contribution >= 0.6 is 22.9 Å². The summed E-state index contributed by atoms with van der Waals surface area (Å²) in [5.74, 6) is -0.600. The fraction of sp³-hybridized carbons (Fsp3) is 0.417. The summed E-state index contributed by atoms with van der Waals surface area (Å²) in [6.07, 6.45) is 1.42. The second-order valence-corrected chi connectivity index (χ2v) is 7.73. The average Bonchev–Trinajstić information content (AvgIpc) is 2.70. The lowest BCUT2D eigenvalue weighted by Gasteiger charge is -2.18. The van der Waals surface area contributed by atoms with E-state index in [4.69, 9.17) is 16.3 Å². The van der Waals surface area contributed by atoms with Gasteiger partial charge in [0.1, 0.15) is 10.8 Å². The molecule has 1 rings (SSSR count). The molecular weight excluding hydrogens is 322 g/mol. The summed E-state index contributed by atoms with van der Waals surface area (Å²) < 4.78 is 31.2. The zero-order valence-electron chi connectivity index (χ0n) is 11.3. The highest BCUT2D eigenvalue weighted by atomic mass is 35.5. The number of hydrogen-bond acceptors (Lipinski definition) is 5. The molecule has 5 nitrogen and oxygen atoms in total. The largest absolute Gasteiger partial charge is 0.465 e. The molecule has 0 bridgehead atoms. The van der Waals surface area contributed by atoms with Crippen LogP contribution in [0.4, 0.5) is 0 Å². The van der Waals surface area contributed by atoms with E-state index in [2.05, 4.69) is 6.58 Å². The molecule has 20 heavy (non-hydrogen) atoms. The maximum absolute atomic E-state index is 12.4. The molecular formula is C12H16ClNO4S2. The van der Waals surface area contributed by atoms with Crippen molar-refractivity contribution in [3.05, 3.63) is 28.6 Å². The van der Waals surface area contributed by atoms with Crippen molar-refractivity contribution in [2.45, 2.75) is 18.1 Å². The molecule has 0 aliphatic carbocycles. The number of sulfonamides is 1. The van der Waals surface area contributed by atoms with Crippen LogP contribution in [0.2, 0.25) is 4.34 Å². The lowest BCUT2D eigenvalue weighted by atomic mass is 10.4. The van der Waals surface area contributed by atoms with Gasteiger partial charge in [-0.25, -0.2) is 8.42 Å². The predicted molar refractivity (Wildman–Crippen MR) is 79.7 cm³/mol. The molecule has 1 heterocycles. The molecule has 0 aromatic carbocycles. The van der Waals surface area contributed by atoms with Gasteiger partial charge >= 0.3 is 5.97 Å². The maximum atomic E-state index is 12.4. The van der Waals surface area contributed by atoms with Crippen molar-refractivity contribution < 1.29 is 17.9 Å². The molecule has 0 spiro atoms. The van der Waals surface area contributed by atoms with Crippen LogP contribution in [0.5, 0.6) is 0 Å². The minimum Gasteiger partial charge on any atom is -0.465 e. The van der Waals surface area contributed by atoms with E-state index >= 15 is 0 Å². The maximum Gasteiger partial charge on any atom is 0.321 e. The highest BCUT2D eigenvalue weighted by Gasteiger charge is 2.28. The molecule has 1 aromatic rings. The number of nitrogens with zero attached hydrogens (tertiary/aromatic N) is 1. The second-order valence-electron chi connectivity index (χ2n) is 3.91. The third-order valence-corrected chi connectivity index (χ3v) is 6.19. The number of hydrogen-bond donors (Lipinski definition) is 0. The lowest BCUT2D eigenvalue weighted by molar-refractivity contribution is -0.143. The van der Waals surface area contributed by atoms with E-state index in [9.17, 15) is 13.2 Å². The molecule has 0 radical (unpaired) electrons. The van der Waals surface area contributed by atoms with Crippen LogP contribution in [0.3, 0.4) is 0 Å². The Hall–Kier alpha value is -0.890. The topological polar surface area (TPSA) is 63.7 Å². The molecule has 0 atom stereocenters. The highest BCUT2D eigenvalue weighted by Crippen LogP contribution is 2.31. The average molecular weight is 338 g/mol. The first-order valence-electron chi connectivity index (χ1n) is 5.85. The standard InChI is InChI=1S/C12H16ClNO4S2/c1-4-6-14(8-10(15)18-5-2)20(16,17)11-7-9(3)12(13)19-11/h4,7H,1,5-6,8H2,2-3H3. The number of thiophene rings is 1. The fourth-order valence-corrected chi connectivity index (χ4v) is 4.65. The number of esters is 1. The Bertz CT molecular complexity index is 575. The molecule has 0 saturated carbocycles. The van der Waals surface area contributed by atoms with Crippen LogP contribution in [0.15, 0.2) is 22.9 Å². The third-order valence-electron chi connectivity index (χ3n) is 2.37. The Balaban J connectivity index is 3.05. The molecule has 0 aliphatic rings. The molecule has 0 aliphatic heterocycles. The van der Waals surface area contributed by atoms with Crippen LogP contribution in [0.25, 0.3) is 0 Å². The minimum absolute atomic E-state index is 0.0235. The second kappa shape index (κ2) is 7.21. The Morgan fingerprint density at radius 3 is 2.70 bits per heavy atom. The minimum atomic E-state index is -3.78. The van der Waals surface area contributed by atoms with Gasteiger partial charge in [0.2, 0.25) is 0 Å². The first-order valence-corrected chi connectivity index (χ1v) is 8.49. The smallest absolute Gasteiger partial charge is 0.321 e. The Morgan fingerprint density at radius 1 is 1.60 bits per heavy atom. The van der Waals surface area contributed by atoms with Crippen LogP contribution in [-0.2, 0) is 19.6 Å². The quantitative estimate of drug-likeness (QED) is 0.566. The Labute approximate surface area is 127 Å². The van der Waals surface area contributed by atoms with Crippen molar-refractivity contribution in [1.29, 1.82) is 0 Å². The number of carbonyl (C=O) groups excluding carboxylic acids is 1. The summed E-state index contributed by atoms with van der Waals surface area (Å²) in [6, 6.07) is 1.49. The number of aryl methyl sites for hydroxylation is 1. The van der Waals surface area contributed by atoms with Crippen molar-refractivity contribution >= 4 is 38.9 Å². The number of halogens is 1. The van der Waals surface area contributed by atoms with E-state index in [1.807, 2.05) is 0 Å². The van der Waals surface area contributed by atoms with Crippen molar-refractivity contribution in [2.24, 2.45) is 0 Å². The van der Waals surface area contributed by atoms with E-state index in [1.165, 1.54) is 12.1 Å². The van der Waals surface area contributed by atoms with Crippen molar-refractivity contribution in [1.82, 2.24) is 4.31 Å². The molecule has 8 heteroatoms. The van der Waals surface area contributed by atoms with Crippen LogP contribution in [0.1, 0.15) is 12.5 Å². The Kier molecular flexibility index (Phi) is 6.19. The molecule has 1 aromatic heterocycles. The molecule has 0 amide bonds. The van der Waals surface area contributed by atoms with E-state index < -0.39 is 16.0 Å². The van der Waals surface area contributed by atoms with Gasteiger partial charge in [-0.3, -0.25) is 4.79 Å². The summed E-state index contributed by atoms with van der Waals surface area (Å²) in [4.78, 5) is 11.5. The summed E-state index contributed by atoms with van der Waals surface area (Å²) in [5.41, 5.74) is 0.685. The first-order chi connectivity index (χ1) is 9.32. The zero-order chi connectivity index (χ0) is 15.3. The predicted octanol–water partition coefficient (Wildman–Crippen LogP) is 2.45. The van der Waals surface area contributed by atoms with Crippen LogP contribution < -0.4 is 0 Å². The first kappa shape index (κ1) is 17.2. The number of carbonyl (C=O) groups is 1. The van der Waals surface area contributed by atoms with E-state index in [0.717, 1.165) is 15.6 Å². The van der Waals surface area contributed by atoms with E-state index in [1.54, 1.807) is 13.8 Å².